The van der Waals surface area contributed by atoms with Crippen LogP contribution in [0.15, 0.2) is 6.33 Å². The summed E-state index contributed by atoms with van der Waals surface area (Å²) in [5.74, 6) is 1.09. The van der Waals surface area contributed by atoms with E-state index in [9.17, 15) is 0 Å². The quantitative estimate of drug-likeness (QED) is 0.899. The van der Waals surface area contributed by atoms with Gasteiger partial charge in [-0.1, -0.05) is 6.92 Å². The second-order valence-corrected chi connectivity index (χ2v) is 6.25. The number of aryl methyl sites for hydroxylation is 1. The number of hydrogen-bond acceptors (Lipinski definition) is 4. The first-order valence-electron chi connectivity index (χ1n) is 7.37. The van der Waals surface area contributed by atoms with E-state index in [1.807, 2.05) is 4.68 Å². The monoisotopic (exact) mass is 265 g/mol. The third-order valence-electron chi connectivity index (χ3n) is 3.86. The Kier molecular flexibility index (Phi) is 4.58. The van der Waals surface area contributed by atoms with Crippen molar-refractivity contribution >= 4 is 0 Å². The summed E-state index contributed by atoms with van der Waals surface area (Å²) in [5.41, 5.74) is 0.167. The zero-order valence-electron chi connectivity index (χ0n) is 12.7. The highest BCUT2D eigenvalue weighted by molar-refractivity contribution is 4.92. The SMILES string of the molecule is CCCn1ncnc1CN1CC(C)(C)NCCC1C. The maximum absolute atomic E-state index is 4.43. The minimum absolute atomic E-state index is 0.167. The molecule has 1 aliphatic rings. The molecule has 0 saturated carbocycles. The van der Waals surface area contributed by atoms with E-state index in [2.05, 4.69) is 48.0 Å². The van der Waals surface area contributed by atoms with Gasteiger partial charge in [-0.15, -0.1) is 0 Å². The van der Waals surface area contributed by atoms with Crippen molar-refractivity contribution in [3.05, 3.63) is 12.2 Å². The van der Waals surface area contributed by atoms with Gasteiger partial charge in [0.25, 0.3) is 0 Å². The summed E-state index contributed by atoms with van der Waals surface area (Å²) in [6.45, 7) is 13.0. The summed E-state index contributed by atoms with van der Waals surface area (Å²) < 4.78 is 2.04. The Morgan fingerprint density at radius 3 is 3.00 bits per heavy atom. The smallest absolute Gasteiger partial charge is 0.141 e. The molecule has 0 radical (unpaired) electrons. The second kappa shape index (κ2) is 6.01. The zero-order chi connectivity index (χ0) is 13.9. The lowest BCUT2D eigenvalue weighted by Crippen LogP contribution is -2.47. The molecular formula is C14H27N5. The van der Waals surface area contributed by atoms with Gasteiger partial charge in [0.15, 0.2) is 0 Å². The third-order valence-corrected chi connectivity index (χ3v) is 3.86. The van der Waals surface area contributed by atoms with Gasteiger partial charge in [0.1, 0.15) is 12.2 Å². The normalized spacial score (nSPS) is 24.3. The first-order chi connectivity index (χ1) is 9.02. The minimum atomic E-state index is 0.167. The number of nitrogens with zero attached hydrogens (tertiary/aromatic N) is 4. The van der Waals surface area contributed by atoms with Gasteiger partial charge < -0.3 is 5.32 Å². The van der Waals surface area contributed by atoms with Crippen molar-refractivity contribution in [2.45, 2.75) is 65.2 Å². The number of aromatic nitrogens is 3. The Morgan fingerprint density at radius 1 is 1.47 bits per heavy atom. The van der Waals surface area contributed by atoms with Crippen LogP contribution >= 0.6 is 0 Å². The average Bonchev–Trinajstić information content (AvgIpc) is 2.70. The molecule has 2 rings (SSSR count). The summed E-state index contributed by atoms with van der Waals surface area (Å²) in [4.78, 5) is 6.96. The number of nitrogens with one attached hydrogen (secondary N) is 1. The second-order valence-electron chi connectivity index (χ2n) is 6.25. The van der Waals surface area contributed by atoms with Crippen LogP contribution < -0.4 is 5.32 Å². The highest BCUT2D eigenvalue weighted by Crippen LogP contribution is 2.17. The first-order valence-corrected chi connectivity index (χ1v) is 7.37. The standard InChI is InChI=1S/C14H27N5/c1-5-8-19-13(15-11-17-19)9-18-10-14(3,4)16-7-6-12(18)2/h11-12,16H,5-10H2,1-4H3. The van der Waals surface area contributed by atoms with Gasteiger partial charge in [-0.25, -0.2) is 9.67 Å². The van der Waals surface area contributed by atoms with Crippen LogP contribution in [0.3, 0.4) is 0 Å². The molecule has 0 bridgehead atoms. The van der Waals surface area contributed by atoms with Gasteiger partial charge in [-0.05, 0) is 40.2 Å². The molecule has 1 N–H and O–H groups in total. The van der Waals surface area contributed by atoms with Gasteiger partial charge >= 0.3 is 0 Å². The van der Waals surface area contributed by atoms with E-state index < -0.39 is 0 Å². The van der Waals surface area contributed by atoms with Crippen molar-refractivity contribution in [1.29, 1.82) is 0 Å². The molecule has 1 aliphatic heterocycles. The Balaban J connectivity index is 2.08. The Labute approximate surface area is 116 Å². The van der Waals surface area contributed by atoms with Crippen molar-refractivity contribution in [3.8, 4) is 0 Å². The van der Waals surface area contributed by atoms with Gasteiger partial charge in [0.2, 0.25) is 0 Å². The molecule has 1 aromatic rings. The van der Waals surface area contributed by atoms with E-state index in [1.54, 1.807) is 6.33 Å². The Hall–Kier alpha value is -0.940. The maximum atomic E-state index is 4.43. The molecule has 1 fully saturated rings. The summed E-state index contributed by atoms with van der Waals surface area (Å²) in [6, 6.07) is 0.584. The topological polar surface area (TPSA) is 46.0 Å². The Morgan fingerprint density at radius 2 is 2.26 bits per heavy atom. The van der Waals surface area contributed by atoms with Gasteiger partial charge in [-0.3, -0.25) is 4.90 Å². The first kappa shape index (κ1) is 14.5. The molecule has 5 heteroatoms. The molecule has 1 aromatic heterocycles. The molecule has 108 valence electrons. The van der Waals surface area contributed by atoms with E-state index in [1.165, 1.54) is 6.42 Å². The minimum Gasteiger partial charge on any atom is -0.310 e. The summed E-state index contributed by atoms with van der Waals surface area (Å²) in [6.07, 6.45) is 3.96. The van der Waals surface area contributed by atoms with Crippen molar-refractivity contribution in [2.24, 2.45) is 0 Å². The highest BCUT2D eigenvalue weighted by atomic mass is 15.4. The average molecular weight is 265 g/mol. The molecule has 2 heterocycles. The fourth-order valence-electron chi connectivity index (χ4n) is 2.72. The van der Waals surface area contributed by atoms with Gasteiger partial charge in [-0.2, -0.15) is 5.10 Å². The van der Waals surface area contributed by atoms with Crippen LogP contribution in [-0.2, 0) is 13.1 Å². The van der Waals surface area contributed by atoms with Crippen molar-refractivity contribution in [1.82, 2.24) is 25.0 Å². The van der Waals surface area contributed by atoms with E-state index in [0.29, 0.717) is 6.04 Å². The molecule has 19 heavy (non-hydrogen) atoms. The molecular weight excluding hydrogens is 238 g/mol. The molecule has 1 atom stereocenters. The van der Waals surface area contributed by atoms with E-state index >= 15 is 0 Å². The maximum Gasteiger partial charge on any atom is 0.141 e. The predicted molar refractivity (Wildman–Crippen MR) is 76.9 cm³/mol. The van der Waals surface area contributed by atoms with E-state index in [0.717, 1.165) is 38.4 Å². The van der Waals surface area contributed by atoms with Crippen molar-refractivity contribution in [2.75, 3.05) is 13.1 Å². The number of hydrogen-bond donors (Lipinski definition) is 1. The molecule has 5 nitrogen and oxygen atoms in total. The molecule has 0 amide bonds. The summed E-state index contributed by atoms with van der Waals surface area (Å²) >= 11 is 0. The van der Waals surface area contributed by atoms with Crippen LogP contribution in [0.25, 0.3) is 0 Å². The summed E-state index contributed by atoms with van der Waals surface area (Å²) in [5, 5.41) is 7.94. The lowest BCUT2D eigenvalue weighted by molar-refractivity contribution is 0.166. The van der Waals surface area contributed by atoms with E-state index in [-0.39, 0.29) is 5.54 Å². The third kappa shape index (κ3) is 3.76. The highest BCUT2D eigenvalue weighted by Gasteiger charge is 2.28. The fraction of sp³-hybridized carbons (Fsp3) is 0.857. The van der Waals surface area contributed by atoms with Crippen molar-refractivity contribution in [3.63, 3.8) is 0 Å². The van der Waals surface area contributed by atoms with Crippen LogP contribution in [0.4, 0.5) is 0 Å². The molecule has 1 saturated heterocycles. The van der Waals surface area contributed by atoms with Crippen LogP contribution in [0.5, 0.6) is 0 Å². The lowest BCUT2D eigenvalue weighted by atomic mass is 10.1. The fourth-order valence-corrected chi connectivity index (χ4v) is 2.72. The van der Waals surface area contributed by atoms with Crippen LogP contribution in [-0.4, -0.2) is 44.3 Å². The van der Waals surface area contributed by atoms with Gasteiger partial charge in [0.05, 0.1) is 6.54 Å². The zero-order valence-corrected chi connectivity index (χ0v) is 12.7. The summed E-state index contributed by atoms with van der Waals surface area (Å²) in [7, 11) is 0. The number of rotatable bonds is 4. The van der Waals surface area contributed by atoms with Gasteiger partial charge in [0, 0.05) is 24.7 Å². The largest absolute Gasteiger partial charge is 0.310 e. The van der Waals surface area contributed by atoms with Crippen molar-refractivity contribution < 1.29 is 0 Å². The molecule has 1 unspecified atom stereocenters. The van der Waals surface area contributed by atoms with Crippen LogP contribution in [0.1, 0.15) is 46.4 Å². The van der Waals surface area contributed by atoms with Crippen LogP contribution in [0, 0.1) is 0 Å². The lowest BCUT2D eigenvalue weighted by Gasteiger charge is -2.32. The molecule has 0 spiro atoms. The van der Waals surface area contributed by atoms with Crippen LogP contribution in [0.2, 0.25) is 0 Å². The molecule has 0 aliphatic carbocycles. The van der Waals surface area contributed by atoms with E-state index in [4.69, 9.17) is 0 Å². The molecule has 0 aromatic carbocycles. The Bertz CT molecular complexity index is 398. The predicted octanol–water partition coefficient (Wildman–Crippen LogP) is 1.65.